The molecule has 0 amide bonds. The van der Waals surface area contributed by atoms with Crippen LogP contribution in [0.2, 0.25) is 0 Å². The summed E-state index contributed by atoms with van der Waals surface area (Å²) in [4.78, 5) is 32.4. The third-order valence-electron chi connectivity index (χ3n) is 6.66. The Kier molecular flexibility index (Phi) is 6.66. The van der Waals surface area contributed by atoms with Gasteiger partial charge in [0.2, 0.25) is 0 Å². The molecule has 0 saturated carbocycles. The molecule has 3 aromatic carbocycles. The lowest BCUT2D eigenvalue weighted by molar-refractivity contribution is -0.139. The molecule has 1 aliphatic rings. The molecule has 0 bridgehead atoms. The Hall–Kier alpha value is -4.01. The van der Waals surface area contributed by atoms with Crippen molar-refractivity contribution < 1.29 is 13.9 Å². The van der Waals surface area contributed by atoms with Crippen molar-refractivity contribution in [1.29, 1.82) is 0 Å². The van der Waals surface area contributed by atoms with Crippen molar-refractivity contribution in [2.45, 2.75) is 19.9 Å². The maximum absolute atomic E-state index is 13.9. The Morgan fingerprint density at radius 2 is 1.85 bits per heavy atom. The highest BCUT2D eigenvalue weighted by Crippen LogP contribution is 2.35. The maximum atomic E-state index is 13.9. The quantitative estimate of drug-likeness (QED) is 0.233. The molecule has 6 rings (SSSR count). The fourth-order valence-electron chi connectivity index (χ4n) is 4.90. The van der Waals surface area contributed by atoms with Crippen LogP contribution < -0.4 is 14.9 Å². The van der Waals surface area contributed by atoms with Crippen LogP contribution in [0.1, 0.15) is 31.2 Å². The molecule has 1 aliphatic heterocycles. The highest BCUT2D eigenvalue weighted by Gasteiger charge is 2.34. The molecule has 0 unspecified atom stereocenters. The topological polar surface area (TPSA) is 73.8 Å². The lowest BCUT2D eigenvalue weighted by Gasteiger charge is -2.25. The first-order valence-electron chi connectivity index (χ1n) is 12.5. The van der Waals surface area contributed by atoms with Crippen molar-refractivity contribution in [3.8, 4) is 11.3 Å². The van der Waals surface area contributed by atoms with Crippen LogP contribution in [-0.4, -0.2) is 17.1 Å². The standard InChI is InChI=1S/C31H23BrN2O4S/c1-3-37-30(36)27-18(2)33-31-34(28(27)24-10-6-8-19-7-4-5-9-23(19)24)29(35)26(39-31)17-22-15-16-25(38-22)20-11-13-21(32)14-12-20/h4-17,28H,3H2,1-2H3/t28-/m0/s1. The maximum Gasteiger partial charge on any atom is 0.338 e. The van der Waals surface area contributed by atoms with Crippen molar-refractivity contribution >= 4 is 50.1 Å². The van der Waals surface area contributed by atoms with Gasteiger partial charge in [0.15, 0.2) is 4.80 Å². The summed E-state index contributed by atoms with van der Waals surface area (Å²) in [6.07, 6.45) is 1.73. The first kappa shape index (κ1) is 25.3. The van der Waals surface area contributed by atoms with E-state index in [4.69, 9.17) is 9.15 Å². The van der Waals surface area contributed by atoms with Crippen LogP contribution in [0.5, 0.6) is 0 Å². The van der Waals surface area contributed by atoms with Gasteiger partial charge in [0, 0.05) is 16.1 Å². The summed E-state index contributed by atoms with van der Waals surface area (Å²) in [5.74, 6) is 0.785. The van der Waals surface area contributed by atoms with Crippen LogP contribution >= 0.6 is 27.3 Å². The largest absolute Gasteiger partial charge is 0.463 e. The average molecular weight is 600 g/mol. The van der Waals surface area contributed by atoms with Gasteiger partial charge in [0.1, 0.15) is 11.5 Å². The van der Waals surface area contributed by atoms with Crippen molar-refractivity contribution in [1.82, 2.24) is 4.57 Å². The van der Waals surface area contributed by atoms with Crippen molar-refractivity contribution in [3.63, 3.8) is 0 Å². The molecule has 0 fully saturated rings. The number of nitrogens with zero attached hydrogens (tertiary/aromatic N) is 2. The van der Waals surface area contributed by atoms with E-state index >= 15 is 0 Å². The number of hydrogen-bond acceptors (Lipinski definition) is 6. The molecule has 1 atom stereocenters. The van der Waals surface area contributed by atoms with E-state index in [1.807, 2.05) is 78.9 Å². The smallest absolute Gasteiger partial charge is 0.338 e. The summed E-state index contributed by atoms with van der Waals surface area (Å²) in [6, 6.07) is 24.7. The summed E-state index contributed by atoms with van der Waals surface area (Å²) in [5, 5.41) is 1.98. The number of rotatable bonds is 5. The molecular formula is C31H23BrN2O4S. The van der Waals surface area contributed by atoms with Gasteiger partial charge in [-0.1, -0.05) is 81.9 Å². The minimum Gasteiger partial charge on any atom is -0.463 e. The fourth-order valence-corrected chi connectivity index (χ4v) is 6.19. The third kappa shape index (κ3) is 4.60. The highest BCUT2D eigenvalue weighted by atomic mass is 79.9. The highest BCUT2D eigenvalue weighted by molar-refractivity contribution is 9.10. The first-order valence-corrected chi connectivity index (χ1v) is 14.1. The number of allylic oxidation sites excluding steroid dienone is 1. The number of ether oxygens (including phenoxy) is 1. The second-order valence-electron chi connectivity index (χ2n) is 9.08. The van der Waals surface area contributed by atoms with E-state index in [9.17, 15) is 9.59 Å². The number of carbonyl (C=O) groups excluding carboxylic acids is 1. The van der Waals surface area contributed by atoms with Crippen LogP contribution in [-0.2, 0) is 9.53 Å². The summed E-state index contributed by atoms with van der Waals surface area (Å²) >= 11 is 4.72. The second kappa shape index (κ2) is 10.3. The van der Waals surface area contributed by atoms with Crippen LogP contribution in [0, 0.1) is 0 Å². The number of thiazole rings is 1. The van der Waals surface area contributed by atoms with Gasteiger partial charge in [-0.3, -0.25) is 9.36 Å². The van der Waals surface area contributed by atoms with Crippen LogP contribution in [0.3, 0.4) is 0 Å². The van der Waals surface area contributed by atoms with E-state index in [2.05, 4.69) is 20.9 Å². The Bertz CT molecular complexity index is 1940. The van der Waals surface area contributed by atoms with Gasteiger partial charge < -0.3 is 9.15 Å². The zero-order chi connectivity index (χ0) is 27.1. The summed E-state index contributed by atoms with van der Waals surface area (Å²) in [6.45, 7) is 3.78. The molecule has 39 heavy (non-hydrogen) atoms. The number of fused-ring (bicyclic) bond motifs is 2. The number of hydrogen-bond donors (Lipinski definition) is 0. The number of carbonyl (C=O) groups is 1. The SMILES string of the molecule is CCOC(=O)C1=C(C)N=c2sc(=Cc3ccc(-c4ccc(Br)cc4)o3)c(=O)n2[C@H]1c1cccc2ccccc12. The lowest BCUT2D eigenvalue weighted by atomic mass is 9.91. The minimum absolute atomic E-state index is 0.224. The zero-order valence-electron chi connectivity index (χ0n) is 21.2. The van der Waals surface area contributed by atoms with Crippen LogP contribution in [0.4, 0.5) is 0 Å². The lowest BCUT2D eigenvalue weighted by Crippen LogP contribution is -2.40. The predicted octanol–water partition coefficient (Wildman–Crippen LogP) is 5.97. The third-order valence-corrected chi connectivity index (χ3v) is 8.18. The molecule has 0 N–H and O–H groups in total. The van der Waals surface area contributed by atoms with E-state index in [-0.39, 0.29) is 12.2 Å². The van der Waals surface area contributed by atoms with Crippen LogP contribution in [0.25, 0.3) is 28.2 Å². The molecule has 8 heteroatoms. The Morgan fingerprint density at radius 1 is 1.08 bits per heavy atom. The van der Waals surface area contributed by atoms with Gasteiger partial charge in [-0.05, 0) is 54.4 Å². The monoisotopic (exact) mass is 598 g/mol. The van der Waals surface area contributed by atoms with E-state index in [0.717, 1.165) is 26.4 Å². The van der Waals surface area contributed by atoms with Crippen LogP contribution in [0.15, 0.2) is 109 Å². The summed E-state index contributed by atoms with van der Waals surface area (Å²) < 4.78 is 14.5. The molecule has 0 spiro atoms. The van der Waals surface area contributed by atoms with Crippen molar-refractivity contribution in [2.24, 2.45) is 4.99 Å². The number of esters is 1. The molecule has 0 radical (unpaired) electrons. The zero-order valence-corrected chi connectivity index (χ0v) is 23.6. The Labute approximate surface area is 236 Å². The molecule has 0 aliphatic carbocycles. The number of benzene rings is 3. The van der Waals surface area contributed by atoms with Gasteiger partial charge in [-0.15, -0.1) is 0 Å². The molecule has 6 nitrogen and oxygen atoms in total. The summed E-state index contributed by atoms with van der Waals surface area (Å²) in [5.41, 5.74) is 2.43. The van der Waals surface area contributed by atoms with Gasteiger partial charge in [0.05, 0.1) is 28.5 Å². The summed E-state index contributed by atoms with van der Waals surface area (Å²) in [7, 11) is 0. The van der Waals surface area contributed by atoms with Gasteiger partial charge >= 0.3 is 5.97 Å². The minimum atomic E-state index is -0.677. The van der Waals surface area contributed by atoms with Crippen molar-refractivity contribution in [2.75, 3.05) is 6.61 Å². The molecule has 194 valence electrons. The average Bonchev–Trinajstić information content (AvgIpc) is 3.52. The molecule has 3 heterocycles. The van der Waals surface area contributed by atoms with Gasteiger partial charge in [-0.25, -0.2) is 9.79 Å². The van der Waals surface area contributed by atoms with Gasteiger partial charge in [0.25, 0.3) is 5.56 Å². The predicted molar refractivity (Wildman–Crippen MR) is 156 cm³/mol. The van der Waals surface area contributed by atoms with Crippen molar-refractivity contribution in [3.05, 3.63) is 126 Å². The fraction of sp³-hybridized carbons (Fsp3) is 0.129. The molecule has 2 aromatic heterocycles. The van der Waals surface area contributed by atoms with Gasteiger partial charge in [-0.2, -0.15) is 0 Å². The number of aromatic nitrogens is 1. The Morgan fingerprint density at radius 3 is 2.64 bits per heavy atom. The molecule has 5 aromatic rings. The van der Waals surface area contributed by atoms with E-state index < -0.39 is 12.0 Å². The second-order valence-corrected chi connectivity index (χ2v) is 11.0. The normalized spacial score (nSPS) is 15.4. The van der Waals surface area contributed by atoms with E-state index in [1.54, 1.807) is 24.5 Å². The number of halogens is 1. The first-order chi connectivity index (χ1) is 18.9. The molecule has 0 saturated heterocycles. The molecular weight excluding hydrogens is 576 g/mol. The van der Waals surface area contributed by atoms with E-state index in [1.165, 1.54) is 11.3 Å². The Balaban J connectivity index is 1.53. The van der Waals surface area contributed by atoms with E-state index in [0.29, 0.717) is 32.1 Å². The number of furan rings is 1.